The van der Waals surface area contributed by atoms with Gasteiger partial charge in [-0.3, -0.25) is 4.57 Å². The number of unbranched alkanes of at least 4 members (excludes halogenated alkanes) is 14. The fourth-order valence-corrected chi connectivity index (χ4v) is 4.12. The van der Waals surface area contributed by atoms with Gasteiger partial charge in [0.15, 0.2) is 0 Å². The monoisotopic (exact) mass is 504 g/mol. The third-order valence-electron chi connectivity index (χ3n) is 4.59. The third kappa shape index (κ3) is 23.5. The number of hydrogen-bond donors (Lipinski definition) is 1. The second-order valence-electron chi connectivity index (χ2n) is 7.14. The van der Waals surface area contributed by atoms with Gasteiger partial charge >= 0.3 is 7.60 Å². The van der Waals surface area contributed by atoms with Crippen molar-refractivity contribution >= 4 is 7.60 Å². The van der Waals surface area contributed by atoms with Crippen molar-refractivity contribution in [3.05, 3.63) is 0 Å². The van der Waals surface area contributed by atoms with Crippen LogP contribution in [0.2, 0.25) is 0 Å². The molecule has 1 N–H and O–H groups in total. The van der Waals surface area contributed by atoms with Gasteiger partial charge in [-0.15, -0.1) is 0 Å². The predicted octanol–water partition coefficient (Wildman–Crippen LogP) is 7.47. The van der Waals surface area contributed by atoms with Gasteiger partial charge in [0.2, 0.25) is 0 Å². The van der Waals surface area contributed by atoms with Crippen molar-refractivity contribution in [1.82, 2.24) is 0 Å². The third-order valence-corrected chi connectivity index (χ3v) is 6.05. The number of hydrogen-bond acceptors (Lipinski definition) is 2. The fraction of sp³-hybridized carbons (Fsp3) is 1.00. The van der Waals surface area contributed by atoms with Gasteiger partial charge < -0.3 is 9.42 Å². The standard InChI is InChI=1S/C20H43O3P.Nd/c1-3-5-7-9-11-13-15-17-19-23-24(21,22)20-18-16-14-12-10-8-6-4-2;/h3-20H2,1-2H3,(H,21,22);. The molecule has 0 saturated carbocycles. The average Bonchev–Trinajstić information content (AvgIpc) is 2.55. The van der Waals surface area contributed by atoms with Crippen molar-refractivity contribution in [1.29, 1.82) is 0 Å². The zero-order chi connectivity index (χ0) is 17.9. The van der Waals surface area contributed by atoms with Gasteiger partial charge in [-0.1, -0.05) is 104 Å². The molecule has 25 heavy (non-hydrogen) atoms. The van der Waals surface area contributed by atoms with Gasteiger partial charge in [0.1, 0.15) is 0 Å². The summed E-state index contributed by atoms with van der Waals surface area (Å²) >= 11 is 0. The van der Waals surface area contributed by atoms with Crippen LogP contribution in [0.1, 0.15) is 117 Å². The van der Waals surface area contributed by atoms with Crippen molar-refractivity contribution in [2.24, 2.45) is 0 Å². The molecule has 0 fully saturated rings. The molecule has 0 heterocycles. The van der Waals surface area contributed by atoms with E-state index in [0.29, 0.717) is 12.8 Å². The molecule has 0 rings (SSSR count). The largest absolute Gasteiger partial charge is 0.328 e. The Morgan fingerprint density at radius 2 is 1.00 bits per heavy atom. The Morgan fingerprint density at radius 1 is 0.640 bits per heavy atom. The van der Waals surface area contributed by atoms with E-state index >= 15 is 0 Å². The normalized spacial score (nSPS) is 13.4. The Labute approximate surface area is 190 Å². The second kappa shape index (κ2) is 21.8. The molecule has 0 bridgehead atoms. The second-order valence-corrected chi connectivity index (χ2v) is 9.12. The van der Waals surface area contributed by atoms with Gasteiger partial charge in [-0.25, -0.2) is 0 Å². The van der Waals surface area contributed by atoms with Crippen molar-refractivity contribution in [2.75, 3.05) is 12.8 Å². The zero-order valence-electron chi connectivity index (χ0n) is 16.9. The summed E-state index contributed by atoms with van der Waals surface area (Å²) in [4.78, 5) is 9.82. The van der Waals surface area contributed by atoms with E-state index < -0.39 is 7.60 Å². The zero-order valence-corrected chi connectivity index (χ0v) is 21.0. The van der Waals surface area contributed by atoms with Crippen LogP contribution >= 0.6 is 7.60 Å². The van der Waals surface area contributed by atoms with Crippen LogP contribution in [0.3, 0.4) is 0 Å². The maximum atomic E-state index is 11.9. The molecule has 0 aliphatic heterocycles. The summed E-state index contributed by atoms with van der Waals surface area (Å²) in [6.07, 6.45) is 19.7. The molecule has 1 unspecified atom stereocenters. The molecule has 0 aromatic rings. The quantitative estimate of drug-likeness (QED) is 0.146. The molecule has 0 radical (unpaired) electrons. The Kier molecular flexibility index (Phi) is 25.0. The van der Waals surface area contributed by atoms with E-state index in [-0.39, 0.29) is 40.8 Å². The first-order valence-corrected chi connectivity index (χ1v) is 12.3. The minimum absolute atomic E-state index is 0. The summed E-state index contributed by atoms with van der Waals surface area (Å²) in [6, 6.07) is 0. The first-order chi connectivity index (χ1) is 11.6. The van der Waals surface area contributed by atoms with Gasteiger partial charge in [-0.2, -0.15) is 0 Å². The van der Waals surface area contributed by atoms with Gasteiger partial charge in [0, 0.05) is 47.0 Å². The maximum Gasteiger partial charge on any atom is 0.328 e. The van der Waals surface area contributed by atoms with E-state index in [0.717, 1.165) is 25.7 Å². The van der Waals surface area contributed by atoms with Crippen LogP contribution in [0, 0.1) is 40.8 Å². The van der Waals surface area contributed by atoms with Crippen LogP contribution in [-0.4, -0.2) is 17.7 Å². The van der Waals surface area contributed by atoms with E-state index in [2.05, 4.69) is 13.8 Å². The molecule has 0 spiro atoms. The summed E-state index contributed by atoms with van der Waals surface area (Å²) in [5.74, 6) is 0. The van der Waals surface area contributed by atoms with Crippen LogP contribution in [0.25, 0.3) is 0 Å². The van der Waals surface area contributed by atoms with E-state index in [1.165, 1.54) is 77.0 Å². The molecule has 0 saturated heterocycles. The van der Waals surface area contributed by atoms with Gasteiger partial charge in [0.25, 0.3) is 0 Å². The van der Waals surface area contributed by atoms with E-state index in [4.69, 9.17) is 4.52 Å². The summed E-state index contributed by atoms with van der Waals surface area (Å²) in [7, 11) is -3.33. The molecule has 0 aromatic carbocycles. The SMILES string of the molecule is CCCCCCCCCCOP(=O)(O)CCCCCCCCCC.[Nd]. The van der Waals surface area contributed by atoms with E-state index in [1.54, 1.807) is 0 Å². The van der Waals surface area contributed by atoms with Gasteiger partial charge in [0.05, 0.1) is 6.61 Å². The first-order valence-electron chi connectivity index (χ1n) is 10.6. The van der Waals surface area contributed by atoms with Crippen LogP contribution in [-0.2, 0) is 9.09 Å². The molecule has 3 nitrogen and oxygen atoms in total. The molecule has 5 heteroatoms. The smallest absolute Gasteiger partial charge is 0.324 e. The summed E-state index contributed by atoms with van der Waals surface area (Å²) in [6.45, 7) is 4.91. The number of rotatable bonds is 19. The molecule has 0 aliphatic rings. The minimum atomic E-state index is -3.33. The van der Waals surface area contributed by atoms with Crippen LogP contribution in [0.5, 0.6) is 0 Å². The summed E-state index contributed by atoms with van der Waals surface area (Å²) < 4.78 is 17.2. The average molecular weight is 507 g/mol. The topological polar surface area (TPSA) is 46.5 Å². The van der Waals surface area contributed by atoms with Crippen molar-refractivity contribution in [2.45, 2.75) is 117 Å². The molecular weight excluding hydrogens is 463 g/mol. The van der Waals surface area contributed by atoms with E-state index in [1.807, 2.05) is 0 Å². The Hall–Kier alpha value is 1.50. The van der Waals surface area contributed by atoms with E-state index in [9.17, 15) is 9.46 Å². The predicted molar refractivity (Wildman–Crippen MR) is 106 cm³/mol. The van der Waals surface area contributed by atoms with Crippen molar-refractivity contribution in [3.8, 4) is 0 Å². The first kappa shape index (κ1) is 28.7. The Bertz CT molecular complexity index is 301. The fourth-order valence-electron chi connectivity index (χ4n) is 2.95. The molecule has 150 valence electrons. The minimum Gasteiger partial charge on any atom is -0.324 e. The summed E-state index contributed by atoms with van der Waals surface area (Å²) in [5, 5.41) is 0. The summed E-state index contributed by atoms with van der Waals surface area (Å²) in [5.41, 5.74) is 0. The molecule has 1 atom stereocenters. The Morgan fingerprint density at radius 3 is 1.44 bits per heavy atom. The molecule has 0 aliphatic carbocycles. The van der Waals surface area contributed by atoms with Crippen molar-refractivity contribution < 1.29 is 54.8 Å². The molecular formula is C20H43NdO3P. The van der Waals surface area contributed by atoms with Crippen LogP contribution < -0.4 is 0 Å². The Balaban J connectivity index is 0. The van der Waals surface area contributed by atoms with Crippen LogP contribution in [0.15, 0.2) is 0 Å². The maximum absolute atomic E-state index is 11.9. The van der Waals surface area contributed by atoms with Crippen molar-refractivity contribution in [3.63, 3.8) is 0 Å². The molecule has 0 aromatic heterocycles. The van der Waals surface area contributed by atoms with Crippen LogP contribution in [0.4, 0.5) is 0 Å². The molecule has 0 amide bonds. The van der Waals surface area contributed by atoms with Gasteiger partial charge in [-0.05, 0) is 12.8 Å².